The number of imide groups is 1. The summed E-state index contributed by atoms with van der Waals surface area (Å²) >= 11 is 0. The molecule has 2 amide bonds. The first-order valence-electron chi connectivity index (χ1n) is 12.7. The van der Waals surface area contributed by atoms with Crippen LogP contribution >= 0.6 is 0 Å². The summed E-state index contributed by atoms with van der Waals surface area (Å²) in [7, 11) is -1.21. The second kappa shape index (κ2) is 9.75. The Morgan fingerprint density at radius 1 is 1.08 bits per heavy atom. The number of allylic oxidation sites excluding steroid dienone is 1. The molecule has 0 aromatic heterocycles. The molecule has 4 atom stereocenters. The number of aromatic hydroxyl groups is 1. The van der Waals surface area contributed by atoms with Crippen molar-refractivity contribution in [3.05, 3.63) is 70.2 Å². The number of likely N-dealkylation sites (tertiary alicyclic amines) is 1. The van der Waals surface area contributed by atoms with Crippen molar-refractivity contribution in [1.82, 2.24) is 4.90 Å². The number of fused-ring (bicyclic) bond motifs is 3. The van der Waals surface area contributed by atoms with E-state index in [2.05, 4.69) is 0 Å². The summed E-state index contributed by atoms with van der Waals surface area (Å²) < 4.78 is 12.1. The Morgan fingerprint density at radius 2 is 1.78 bits per heavy atom. The van der Waals surface area contributed by atoms with Gasteiger partial charge >= 0.3 is 7.12 Å². The van der Waals surface area contributed by atoms with Gasteiger partial charge in [0.05, 0.1) is 17.9 Å². The summed E-state index contributed by atoms with van der Waals surface area (Å²) in [6, 6.07) is 13.1. The monoisotopic (exact) mass is 489 g/mol. The van der Waals surface area contributed by atoms with Crippen LogP contribution in [0.4, 0.5) is 0 Å². The number of hydrogen-bond donors (Lipinski definition) is 2. The van der Waals surface area contributed by atoms with Crippen LogP contribution in [0, 0.1) is 31.6 Å². The van der Waals surface area contributed by atoms with Gasteiger partial charge in [0.25, 0.3) is 0 Å². The Kier molecular flexibility index (Phi) is 6.66. The molecular weight excluding hydrogens is 457 g/mol. The molecule has 2 saturated heterocycles. The predicted molar refractivity (Wildman–Crippen MR) is 135 cm³/mol. The molecule has 3 aliphatic rings. The minimum absolute atomic E-state index is 0.128. The largest absolute Gasteiger partial charge is 0.507 e. The van der Waals surface area contributed by atoms with Gasteiger partial charge in [0, 0.05) is 6.54 Å². The smallest absolute Gasteiger partial charge is 0.487 e. The summed E-state index contributed by atoms with van der Waals surface area (Å²) in [5.41, 5.74) is 3.80. The molecule has 2 N–H and O–H groups in total. The van der Waals surface area contributed by atoms with E-state index in [1.54, 1.807) is 0 Å². The Labute approximate surface area is 211 Å². The molecule has 188 valence electrons. The maximum atomic E-state index is 13.5. The number of para-hydroxylation sites is 1. The quantitative estimate of drug-likeness (QED) is 0.472. The standard InChI is InChI=1S/C28H32BNO6/c1-4-10-30-27(32)22-13-19(15-35-20-8-6-5-7-9-20)25-21(24(22)28(30)33)14-23(36-29(25)34)18-11-16(2)26(31)17(3)12-18/h5-9,11-12,21-24,31,34H,4,10,13-15H2,1-3H3/t21-,22-,23-,24+/m0/s1. The fourth-order valence-electron chi connectivity index (χ4n) is 6.13. The third kappa shape index (κ3) is 4.22. The fraction of sp³-hybridized carbons (Fsp3) is 0.429. The first kappa shape index (κ1) is 24.6. The molecule has 2 fully saturated rings. The molecule has 0 radical (unpaired) electrons. The zero-order valence-electron chi connectivity index (χ0n) is 20.9. The maximum absolute atomic E-state index is 13.5. The van der Waals surface area contributed by atoms with Crippen molar-refractivity contribution in [2.24, 2.45) is 17.8 Å². The molecule has 0 spiro atoms. The normalized spacial score (nSPS) is 25.8. The first-order valence-corrected chi connectivity index (χ1v) is 12.7. The third-order valence-electron chi connectivity index (χ3n) is 7.79. The van der Waals surface area contributed by atoms with Crippen molar-refractivity contribution in [3.63, 3.8) is 0 Å². The van der Waals surface area contributed by atoms with Crippen molar-refractivity contribution in [3.8, 4) is 11.5 Å². The minimum Gasteiger partial charge on any atom is -0.507 e. The number of ether oxygens (including phenoxy) is 1. The van der Waals surface area contributed by atoms with Crippen LogP contribution in [0.3, 0.4) is 0 Å². The zero-order chi connectivity index (χ0) is 25.6. The van der Waals surface area contributed by atoms with Crippen LogP contribution in [-0.2, 0) is 14.2 Å². The van der Waals surface area contributed by atoms with Gasteiger partial charge in [-0.15, -0.1) is 0 Å². The molecule has 1 aliphatic carbocycles. The predicted octanol–water partition coefficient (Wildman–Crippen LogP) is 3.90. The van der Waals surface area contributed by atoms with E-state index in [9.17, 15) is 19.7 Å². The third-order valence-corrected chi connectivity index (χ3v) is 7.79. The SMILES string of the molecule is CCCN1C(=O)[C@H]2[C@H](CC(COc3ccccc3)=C3B(O)O[C@H](c4cc(C)c(O)c(C)c4)C[C@H]32)C1=O. The number of rotatable bonds is 6. The van der Waals surface area contributed by atoms with E-state index in [0.29, 0.717) is 37.0 Å². The van der Waals surface area contributed by atoms with Crippen LogP contribution in [0.25, 0.3) is 0 Å². The Hall–Kier alpha value is -3.10. The van der Waals surface area contributed by atoms with E-state index in [1.807, 2.05) is 63.2 Å². The Balaban J connectivity index is 1.52. The molecule has 0 unspecified atom stereocenters. The van der Waals surface area contributed by atoms with E-state index < -0.39 is 25.1 Å². The fourth-order valence-corrected chi connectivity index (χ4v) is 6.13. The summed E-state index contributed by atoms with van der Waals surface area (Å²) in [4.78, 5) is 28.2. The number of nitrogens with zero attached hydrogens (tertiary/aromatic N) is 1. The second-order valence-corrected chi connectivity index (χ2v) is 10.1. The van der Waals surface area contributed by atoms with Crippen LogP contribution in [0.1, 0.15) is 49.0 Å². The lowest BCUT2D eigenvalue weighted by atomic mass is 9.55. The van der Waals surface area contributed by atoms with Crippen molar-refractivity contribution >= 4 is 18.9 Å². The molecule has 2 aliphatic heterocycles. The van der Waals surface area contributed by atoms with Crippen molar-refractivity contribution in [1.29, 1.82) is 0 Å². The summed E-state index contributed by atoms with van der Waals surface area (Å²) in [6.07, 6.45) is 1.07. The van der Waals surface area contributed by atoms with Gasteiger partial charge in [-0.3, -0.25) is 14.5 Å². The van der Waals surface area contributed by atoms with Gasteiger partial charge < -0.3 is 19.5 Å². The van der Waals surface area contributed by atoms with Gasteiger partial charge in [-0.1, -0.05) is 25.1 Å². The average molecular weight is 489 g/mol. The van der Waals surface area contributed by atoms with E-state index in [1.165, 1.54) is 4.90 Å². The van der Waals surface area contributed by atoms with Crippen LogP contribution in [0.15, 0.2) is 53.5 Å². The molecular formula is C28H32BNO6. The van der Waals surface area contributed by atoms with Gasteiger partial charge in [-0.25, -0.2) is 0 Å². The molecule has 5 rings (SSSR count). The molecule has 7 nitrogen and oxygen atoms in total. The number of phenolic OH excluding ortho intramolecular Hbond substituents is 1. The average Bonchev–Trinajstić information content (AvgIpc) is 3.10. The lowest BCUT2D eigenvalue weighted by molar-refractivity contribution is -0.140. The zero-order valence-corrected chi connectivity index (χ0v) is 20.9. The van der Waals surface area contributed by atoms with Gasteiger partial charge in [0.15, 0.2) is 0 Å². The highest BCUT2D eigenvalue weighted by molar-refractivity contribution is 6.53. The van der Waals surface area contributed by atoms with Crippen molar-refractivity contribution < 1.29 is 29.1 Å². The molecule has 36 heavy (non-hydrogen) atoms. The van der Waals surface area contributed by atoms with Gasteiger partial charge in [-0.2, -0.15) is 0 Å². The molecule has 2 aromatic carbocycles. The maximum Gasteiger partial charge on any atom is 0.487 e. The Bertz CT molecular complexity index is 1190. The number of carbonyl (C=O) groups is 2. The number of amides is 2. The summed E-state index contributed by atoms with van der Waals surface area (Å²) in [5.74, 6) is -0.647. The lowest BCUT2D eigenvalue weighted by Gasteiger charge is -2.42. The highest BCUT2D eigenvalue weighted by atomic mass is 16.5. The van der Waals surface area contributed by atoms with Gasteiger partial charge in [0.1, 0.15) is 18.1 Å². The van der Waals surface area contributed by atoms with Crippen LogP contribution in [-0.4, -0.2) is 47.1 Å². The van der Waals surface area contributed by atoms with Crippen LogP contribution in [0.2, 0.25) is 0 Å². The Morgan fingerprint density at radius 3 is 2.44 bits per heavy atom. The second-order valence-electron chi connectivity index (χ2n) is 10.1. The van der Waals surface area contributed by atoms with Crippen LogP contribution in [0.5, 0.6) is 11.5 Å². The van der Waals surface area contributed by atoms with Crippen molar-refractivity contribution in [2.75, 3.05) is 13.2 Å². The topological polar surface area (TPSA) is 96.3 Å². The molecule has 0 bridgehead atoms. The number of aryl methyl sites for hydroxylation is 2. The van der Waals surface area contributed by atoms with Gasteiger partial charge in [-0.05, 0) is 91.0 Å². The number of carbonyl (C=O) groups excluding carboxylic acids is 2. The minimum atomic E-state index is -1.21. The van der Waals surface area contributed by atoms with E-state index >= 15 is 0 Å². The van der Waals surface area contributed by atoms with E-state index in [4.69, 9.17) is 9.39 Å². The molecule has 2 aromatic rings. The van der Waals surface area contributed by atoms with E-state index in [0.717, 1.165) is 22.3 Å². The van der Waals surface area contributed by atoms with Crippen LogP contribution < -0.4 is 4.74 Å². The number of phenols is 1. The highest BCUT2D eigenvalue weighted by Crippen LogP contribution is 2.51. The molecule has 0 saturated carbocycles. The van der Waals surface area contributed by atoms with Crippen molar-refractivity contribution in [2.45, 2.75) is 46.1 Å². The first-order chi connectivity index (χ1) is 17.3. The van der Waals surface area contributed by atoms with E-state index in [-0.39, 0.29) is 30.1 Å². The lowest BCUT2D eigenvalue weighted by Crippen LogP contribution is -2.45. The number of benzene rings is 2. The molecule has 2 heterocycles. The highest BCUT2D eigenvalue weighted by Gasteiger charge is 2.57. The molecule has 8 heteroatoms. The number of hydrogen-bond acceptors (Lipinski definition) is 6. The van der Waals surface area contributed by atoms with Gasteiger partial charge in [0.2, 0.25) is 11.8 Å². The summed E-state index contributed by atoms with van der Waals surface area (Å²) in [5, 5.41) is 21.5. The summed E-state index contributed by atoms with van der Waals surface area (Å²) in [6.45, 7) is 6.23.